The summed E-state index contributed by atoms with van der Waals surface area (Å²) in [6.07, 6.45) is 1.69. The molecule has 4 saturated heterocycles. The molecule has 0 N–H and O–H groups in total. The van der Waals surface area contributed by atoms with E-state index >= 15 is 0 Å². The second kappa shape index (κ2) is 8.75. The Kier molecular flexibility index (Phi) is 5.67. The van der Waals surface area contributed by atoms with E-state index in [4.69, 9.17) is 33.2 Å². The minimum Gasteiger partial charge on any atom is -0.465 e. The minimum atomic E-state index is -0.762. The van der Waals surface area contributed by atoms with E-state index in [0.717, 1.165) is 24.0 Å². The monoisotopic (exact) mass is 573 g/mol. The molecule has 224 valence electrons. The Bertz CT molecular complexity index is 1230. The van der Waals surface area contributed by atoms with Gasteiger partial charge in [-0.05, 0) is 43.1 Å². The van der Waals surface area contributed by atoms with E-state index in [-0.39, 0.29) is 73.0 Å². The van der Waals surface area contributed by atoms with Crippen molar-refractivity contribution in [3.8, 4) is 0 Å². The van der Waals surface area contributed by atoms with Crippen molar-refractivity contribution in [1.29, 1.82) is 0 Å². The highest BCUT2D eigenvalue weighted by Gasteiger charge is 3.01. The van der Waals surface area contributed by atoms with E-state index in [0.29, 0.717) is 45.8 Å². The Hall–Kier alpha value is -2.05. The number of esters is 3. The zero-order chi connectivity index (χ0) is 28.4. The fraction of sp³-hybridized carbons (Fsp3) is 0.833. The first-order valence-electron chi connectivity index (χ1n) is 15.3. The first-order chi connectivity index (χ1) is 19.7. The maximum Gasteiger partial charge on any atom is 0.334 e. The van der Waals surface area contributed by atoms with Crippen LogP contribution in [0.25, 0.3) is 0 Å². The number of rotatable bonds is 8. The van der Waals surface area contributed by atoms with Crippen LogP contribution in [-0.2, 0) is 47.5 Å². The lowest BCUT2D eigenvalue weighted by Crippen LogP contribution is -2.70. The molecule has 5 heterocycles. The van der Waals surface area contributed by atoms with E-state index < -0.39 is 22.9 Å². The van der Waals surface area contributed by atoms with Crippen LogP contribution in [0.5, 0.6) is 0 Å². The summed E-state index contributed by atoms with van der Waals surface area (Å²) in [6.45, 7) is 9.87. The van der Waals surface area contributed by atoms with Crippen LogP contribution in [0, 0.1) is 17.3 Å². The Balaban J connectivity index is 0.978. The van der Waals surface area contributed by atoms with Crippen molar-refractivity contribution in [3.63, 3.8) is 0 Å². The van der Waals surface area contributed by atoms with Crippen molar-refractivity contribution in [2.45, 2.75) is 94.1 Å². The standard InChI is InChI=1S/C30H39NO10/c1-16(2)28-23(40-28)24-30(41-24)27(3)7-6-17-18(15-37-25(17)34)19(27)13-20-29(30,39-20)26(28)38-21(32)5-4-10-36-22(33)14-31-8-11-35-12-9-31/h16,19-20,23-24,26H,4-15H2,1-3H3/t19-,20-,23-,24-,26+,27-,28-,29+,30+/m0/s1. The third-order valence-electron chi connectivity index (χ3n) is 11.6. The normalized spacial score (nSPS) is 46.7. The number of nitrogens with zero attached hydrogens (tertiary/aromatic N) is 1. The molecule has 2 spiro atoms. The lowest BCUT2D eigenvalue weighted by Gasteiger charge is -2.53. The van der Waals surface area contributed by atoms with Crippen molar-refractivity contribution in [2.24, 2.45) is 17.3 Å². The number of epoxide rings is 3. The van der Waals surface area contributed by atoms with Gasteiger partial charge in [0, 0.05) is 30.5 Å². The number of fused-ring (bicyclic) bond motifs is 4. The summed E-state index contributed by atoms with van der Waals surface area (Å²) in [5, 5.41) is 0. The molecule has 8 aliphatic rings. The summed E-state index contributed by atoms with van der Waals surface area (Å²) in [4.78, 5) is 39.9. The van der Waals surface area contributed by atoms with Crippen LogP contribution < -0.4 is 0 Å². The molecule has 0 bridgehead atoms. The first-order valence-corrected chi connectivity index (χ1v) is 15.3. The summed E-state index contributed by atoms with van der Waals surface area (Å²) in [7, 11) is 0. The molecule has 0 aromatic rings. The second-order valence-corrected chi connectivity index (χ2v) is 13.6. The van der Waals surface area contributed by atoms with Crippen LogP contribution in [0.2, 0.25) is 0 Å². The number of ether oxygens (including phenoxy) is 7. The molecular weight excluding hydrogens is 534 g/mol. The highest BCUT2D eigenvalue weighted by molar-refractivity contribution is 5.92. The van der Waals surface area contributed by atoms with Gasteiger partial charge in [0.15, 0.2) is 11.7 Å². The van der Waals surface area contributed by atoms with Crippen LogP contribution in [0.1, 0.15) is 52.9 Å². The van der Waals surface area contributed by atoms with Crippen LogP contribution >= 0.6 is 0 Å². The van der Waals surface area contributed by atoms with Crippen molar-refractivity contribution >= 4 is 17.9 Å². The fourth-order valence-corrected chi connectivity index (χ4v) is 9.42. The zero-order valence-corrected chi connectivity index (χ0v) is 24.0. The maximum absolute atomic E-state index is 13.3. The predicted octanol–water partition coefficient (Wildman–Crippen LogP) is 1.31. The molecular formula is C30H39NO10. The largest absolute Gasteiger partial charge is 0.465 e. The van der Waals surface area contributed by atoms with Gasteiger partial charge in [0.1, 0.15) is 30.0 Å². The number of morpholine rings is 1. The maximum atomic E-state index is 13.3. The van der Waals surface area contributed by atoms with Gasteiger partial charge in [0.25, 0.3) is 0 Å². The molecule has 11 nitrogen and oxygen atoms in total. The van der Waals surface area contributed by atoms with Crippen molar-refractivity contribution in [1.82, 2.24) is 4.90 Å². The van der Waals surface area contributed by atoms with Gasteiger partial charge < -0.3 is 33.2 Å². The Morgan fingerprint density at radius 2 is 1.90 bits per heavy atom. The molecule has 11 heteroatoms. The highest BCUT2D eigenvalue weighted by atomic mass is 16.8. The predicted molar refractivity (Wildman–Crippen MR) is 138 cm³/mol. The second-order valence-electron chi connectivity index (χ2n) is 13.6. The number of carbonyl (C=O) groups excluding carboxylic acids is 3. The van der Waals surface area contributed by atoms with Gasteiger partial charge in [-0.2, -0.15) is 0 Å². The van der Waals surface area contributed by atoms with Gasteiger partial charge in [0.2, 0.25) is 0 Å². The van der Waals surface area contributed by atoms with Crippen LogP contribution in [0.3, 0.4) is 0 Å². The van der Waals surface area contributed by atoms with E-state index in [1.165, 1.54) is 0 Å². The number of hydrogen-bond donors (Lipinski definition) is 0. The van der Waals surface area contributed by atoms with Gasteiger partial charge in [0.05, 0.1) is 32.5 Å². The summed E-state index contributed by atoms with van der Waals surface area (Å²) in [5.74, 6) is -0.607. The van der Waals surface area contributed by atoms with Gasteiger partial charge in [-0.1, -0.05) is 20.8 Å². The third kappa shape index (κ3) is 3.35. The smallest absolute Gasteiger partial charge is 0.334 e. The molecule has 0 aromatic heterocycles. The first kappa shape index (κ1) is 26.6. The zero-order valence-electron chi connectivity index (χ0n) is 24.0. The fourth-order valence-electron chi connectivity index (χ4n) is 9.42. The molecule has 2 saturated carbocycles. The molecule has 0 radical (unpaired) electrons. The van der Waals surface area contributed by atoms with Crippen molar-refractivity contribution < 1.29 is 47.5 Å². The van der Waals surface area contributed by atoms with Gasteiger partial charge in [-0.25, -0.2) is 4.79 Å². The molecule has 9 atom stereocenters. The molecule has 41 heavy (non-hydrogen) atoms. The summed E-state index contributed by atoms with van der Waals surface area (Å²) < 4.78 is 42.4. The van der Waals surface area contributed by atoms with Crippen molar-refractivity contribution in [3.05, 3.63) is 11.1 Å². The molecule has 0 unspecified atom stereocenters. The molecule has 5 aliphatic heterocycles. The topological polar surface area (TPSA) is 129 Å². The minimum absolute atomic E-state index is 0.0971. The summed E-state index contributed by atoms with van der Waals surface area (Å²) in [5.41, 5.74) is -0.386. The SMILES string of the molecule is CC(C)[C@]12O[C@H]1[C@@H]1O[C@]13[C@]1(O[C@H]1C[C@H]1C4=C(CC[C@@]13C)C(=O)OC4)[C@@H]2OC(=O)CCCOC(=O)CN1CCOCC1. The van der Waals surface area contributed by atoms with Gasteiger partial charge >= 0.3 is 17.9 Å². The summed E-state index contributed by atoms with van der Waals surface area (Å²) >= 11 is 0. The van der Waals surface area contributed by atoms with Crippen molar-refractivity contribution in [2.75, 3.05) is 46.1 Å². The lowest BCUT2D eigenvalue weighted by molar-refractivity contribution is -0.170. The number of carbonyl (C=O) groups is 3. The Labute approximate surface area is 239 Å². The lowest BCUT2D eigenvalue weighted by atomic mass is 9.46. The average molecular weight is 574 g/mol. The van der Waals surface area contributed by atoms with Gasteiger partial charge in [-0.3, -0.25) is 14.5 Å². The van der Waals surface area contributed by atoms with Crippen LogP contribution in [0.15, 0.2) is 11.1 Å². The third-order valence-corrected chi connectivity index (χ3v) is 11.6. The molecule has 8 rings (SSSR count). The molecule has 0 aromatic carbocycles. The van der Waals surface area contributed by atoms with Crippen LogP contribution in [0.4, 0.5) is 0 Å². The van der Waals surface area contributed by atoms with E-state index in [1.54, 1.807) is 0 Å². The van der Waals surface area contributed by atoms with Gasteiger partial charge in [-0.15, -0.1) is 0 Å². The average Bonchev–Trinajstić information content (AvgIpc) is 3.86. The molecule has 3 aliphatic carbocycles. The van der Waals surface area contributed by atoms with E-state index in [1.807, 2.05) is 4.90 Å². The summed E-state index contributed by atoms with van der Waals surface area (Å²) in [6, 6.07) is 0. The number of hydrogen-bond acceptors (Lipinski definition) is 11. The molecule has 0 amide bonds. The quantitative estimate of drug-likeness (QED) is 0.180. The van der Waals surface area contributed by atoms with Crippen LogP contribution in [-0.4, -0.2) is 110 Å². The molecule has 6 fully saturated rings. The highest BCUT2D eigenvalue weighted by Crippen LogP contribution is 2.83. The Morgan fingerprint density at radius 1 is 1.10 bits per heavy atom. The Morgan fingerprint density at radius 3 is 2.68 bits per heavy atom. The number of cyclic esters (lactones) is 1. The van der Waals surface area contributed by atoms with E-state index in [2.05, 4.69) is 20.8 Å². The van der Waals surface area contributed by atoms with E-state index in [9.17, 15) is 14.4 Å².